The number of morpholine rings is 1. The third-order valence-electron chi connectivity index (χ3n) is 4.61. The molecule has 0 bridgehead atoms. The van der Waals surface area contributed by atoms with Gasteiger partial charge < -0.3 is 14.8 Å². The third kappa shape index (κ3) is 5.48. The Labute approximate surface area is 175 Å². The molecule has 0 aliphatic carbocycles. The molecule has 9 heteroatoms. The Morgan fingerprint density at radius 3 is 2.52 bits per heavy atom. The van der Waals surface area contributed by atoms with Crippen LogP contribution in [0.2, 0.25) is 5.02 Å². The van der Waals surface area contributed by atoms with Gasteiger partial charge in [0.25, 0.3) is 0 Å². The molecule has 1 aliphatic rings. The lowest BCUT2D eigenvalue weighted by Gasteiger charge is -2.26. The summed E-state index contributed by atoms with van der Waals surface area (Å²) in [5, 5.41) is 3.29. The standard InChI is InChI=1S/C20H23ClN2O5S/c1-27-19-8-5-16(21)14-18(19)22-20(24)9-4-15-2-6-17(7-3-15)29(25,26)23-10-12-28-13-11-23/h2-3,5-8,14H,4,9-13H2,1H3,(H,22,24). The molecule has 2 aromatic rings. The summed E-state index contributed by atoms with van der Waals surface area (Å²) in [6.07, 6.45) is 0.720. The molecular formula is C20H23ClN2O5S. The molecule has 1 fully saturated rings. The van der Waals surface area contributed by atoms with Crippen molar-refractivity contribution in [3.8, 4) is 5.75 Å². The van der Waals surface area contributed by atoms with E-state index in [0.29, 0.717) is 49.2 Å². The zero-order chi connectivity index (χ0) is 20.9. The maximum absolute atomic E-state index is 12.6. The van der Waals surface area contributed by atoms with Gasteiger partial charge in [-0.15, -0.1) is 0 Å². The highest BCUT2D eigenvalue weighted by molar-refractivity contribution is 7.89. The molecule has 1 aliphatic heterocycles. The summed E-state index contributed by atoms with van der Waals surface area (Å²) in [4.78, 5) is 12.5. The SMILES string of the molecule is COc1ccc(Cl)cc1NC(=O)CCc1ccc(S(=O)(=O)N2CCOCC2)cc1. The van der Waals surface area contributed by atoms with Crippen LogP contribution < -0.4 is 10.1 Å². The van der Waals surface area contributed by atoms with Gasteiger partial charge >= 0.3 is 0 Å². The summed E-state index contributed by atoms with van der Waals surface area (Å²) >= 11 is 5.97. The second-order valence-corrected chi connectivity index (χ2v) is 8.93. The van der Waals surface area contributed by atoms with Crippen molar-refractivity contribution < 1.29 is 22.7 Å². The largest absolute Gasteiger partial charge is 0.495 e. The fourth-order valence-corrected chi connectivity index (χ4v) is 4.59. The fourth-order valence-electron chi connectivity index (χ4n) is 3.01. The number of sulfonamides is 1. The monoisotopic (exact) mass is 438 g/mol. The van der Waals surface area contributed by atoms with Gasteiger partial charge in [-0.05, 0) is 42.3 Å². The maximum atomic E-state index is 12.6. The van der Waals surface area contributed by atoms with E-state index in [-0.39, 0.29) is 17.2 Å². The summed E-state index contributed by atoms with van der Waals surface area (Å²) in [5.41, 5.74) is 1.39. The molecule has 0 saturated carbocycles. The summed E-state index contributed by atoms with van der Waals surface area (Å²) in [6.45, 7) is 1.53. The Balaban J connectivity index is 1.59. The highest BCUT2D eigenvalue weighted by Gasteiger charge is 2.26. The molecular weight excluding hydrogens is 416 g/mol. The van der Waals surface area contributed by atoms with Crippen LogP contribution in [-0.4, -0.2) is 52.0 Å². The van der Waals surface area contributed by atoms with E-state index in [1.165, 1.54) is 11.4 Å². The van der Waals surface area contributed by atoms with Gasteiger partial charge in [0.1, 0.15) is 5.75 Å². The number of ether oxygens (including phenoxy) is 2. The van der Waals surface area contributed by atoms with Crippen molar-refractivity contribution in [1.29, 1.82) is 0 Å². The molecule has 0 spiro atoms. The number of hydrogen-bond acceptors (Lipinski definition) is 5. The lowest BCUT2D eigenvalue weighted by Crippen LogP contribution is -2.40. The van der Waals surface area contributed by atoms with Crippen LogP contribution in [-0.2, 0) is 26.0 Å². The van der Waals surface area contributed by atoms with Crippen molar-refractivity contribution in [3.63, 3.8) is 0 Å². The zero-order valence-corrected chi connectivity index (χ0v) is 17.6. The molecule has 29 heavy (non-hydrogen) atoms. The molecule has 2 aromatic carbocycles. The van der Waals surface area contributed by atoms with Crippen LogP contribution in [0.3, 0.4) is 0 Å². The Kier molecular flexibility index (Phi) is 7.13. The topological polar surface area (TPSA) is 84.9 Å². The second kappa shape index (κ2) is 9.58. The lowest BCUT2D eigenvalue weighted by atomic mass is 10.1. The van der Waals surface area contributed by atoms with E-state index in [9.17, 15) is 13.2 Å². The molecule has 0 radical (unpaired) electrons. The lowest BCUT2D eigenvalue weighted by molar-refractivity contribution is -0.116. The zero-order valence-electron chi connectivity index (χ0n) is 16.1. The van der Waals surface area contributed by atoms with Crippen LogP contribution in [0, 0.1) is 0 Å². The van der Waals surface area contributed by atoms with Gasteiger partial charge in [-0.3, -0.25) is 4.79 Å². The van der Waals surface area contributed by atoms with Gasteiger partial charge in [-0.2, -0.15) is 4.31 Å². The van der Waals surface area contributed by atoms with Gasteiger partial charge in [-0.1, -0.05) is 23.7 Å². The number of anilines is 1. The van der Waals surface area contributed by atoms with E-state index in [1.807, 2.05) is 0 Å². The predicted octanol–water partition coefficient (Wildman–Crippen LogP) is 2.94. The molecule has 156 valence electrons. The summed E-state index contributed by atoms with van der Waals surface area (Å²) in [5.74, 6) is 0.344. The van der Waals surface area contributed by atoms with E-state index in [4.69, 9.17) is 21.1 Å². The first-order valence-electron chi connectivity index (χ1n) is 9.20. The van der Waals surface area contributed by atoms with Gasteiger partial charge in [0, 0.05) is 24.5 Å². The van der Waals surface area contributed by atoms with E-state index in [1.54, 1.807) is 42.5 Å². The van der Waals surface area contributed by atoms with Crippen molar-refractivity contribution >= 4 is 33.2 Å². The number of carbonyl (C=O) groups is 1. The summed E-state index contributed by atoms with van der Waals surface area (Å²) in [7, 11) is -2.00. The fraction of sp³-hybridized carbons (Fsp3) is 0.350. The minimum absolute atomic E-state index is 0.185. The second-order valence-electron chi connectivity index (χ2n) is 6.55. The van der Waals surface area contributed by atoms with E-state index in [2.05, 4.69) is 5.32 Å². The van der Waals surface area contributed by atoms with Crippen LogP contribution in [0.25, 0.3) is 0 Å². The summed E-state index contributed by atoms with van der Waals surface area (Å²) < 4.78 is 37.1. The minimum atomic E-state index is -3.51. The normalized spacial score (nSPS) is 15.1. The van der Waals surface area contributed by atoms with Crippen molar-refractivity contribution in [2.24, 2.45) is 0 Å². The van der Waals surface area contributed by atoms with Gasteiger partial charge in [0.05, 0.1) is 30.9 Å². The molecule has 7 nitrogen and oxygen atoms in total. The molecule has 1 amide bonds. The number of methoxy groups -OCH3 is 1. The first-order valence-corrected chi connectivity index (χ1v) is 11.0. The molecule has 0 aromatic heterocycles. The van der Waals surface area contributed by atoms with Gasteiger partial charge in [0.2, 0.25) is 15.9 Å². The first kappa shape index (κ1) is 21.6. The number of benzene rings is 2. The van der Waals surface area contributed by atoms with Crippen LogP contribution in [0.4, 0.5) is 5.69 Å². The van der Waals surface area contributed by atoms with Crippen molar-refractivity contribution in [3.05, 3.63) is 53.1 Å². The molecule has 1 saturated heterocycles. The number of carbonyl (C=O) groups excluding carboxylic acids is 1. The number of hydrogen-bond donors (Lipinski definition) is 1. The molecule has 0 unspecified atom stereocenters. The Bertz CT molecular complexity index is 957. The molecule has 0 atom stereocenters. The van der Waals surface area contributed by atoms with Crippen LogP contribution in [0.1, 0.15) is 12.0 Å². The van der Waals surface area contributed by atoms with Crippen LogP contribution in [0.15, 0.2) is 47.4 Å². The molecule has 1 heterocycles. The Hall–Kier alpha value is -2.13. The van der Waals surface area contributed by atoms with Gasteiger partial charge in [0.15, 0.2) is 0 Å². The van der Waals surface area contributed by atoms with Gasteiger partial charge in [-0.25, -0.2) is 8.42 Å². The predicted molar refractivity (Wildman–Crippen MR) is 111 cm³/mol. The van der Waals surface area contributed by atoms with Crippen LogP contribution in [0.5, 0.6) is 5.75 Å². The van der Waals surface area contributed by atoms with Crippen LogP contribution >= 0.6 is 11.6 Å². The highest BCUT2D eigenvalue weighted by Crippen LogP contribution is 2.28. The smallest absolute Gasteiger partial charge is 0.243 e. The summed E-state index contributed by atoms with van der Waals surface area (Å²) in [6, 6.07) is 11.6. The number of rotatable bonds is 7. The Morgan fingerprint density at radius 1 is 1.17 bits per heavy atom. The number of amides is 1. The number of aryl methyl sites for hydroxylation is 1. The average Bonchev–Trinajstić information content (AvgIpc) is 2.73. The first-order chi connectivity index (χ1) is 13.9. The van der Waals surface area contributed by atoms with Crippen molar-refractivity contribution in [2.75, 3.05) is 38.7 Å². The highest BCUT2D eigenvalue weighted by atomic mass is 35.5. The third-order valence-corrected chi connectivity index (χ3v) is 6.76. The Morgan fingerprint density at radius 2 is 1.86 bits per heavy atom. The van der Waals surface area contributed by atoms with E-state index in [0.717, 1.165) is 5.56 Å². The average molecular weight is 439 g/mol. The van der Waals surface area contributed by atoms with Crippen molar-refractivity contribution in [2.45, 2.75) is 17.7 Å². The minimum Gasteiger partial charge on any atom is -0.495 e. The van der Waals surface area contributed by atoms with Crippen molar-refractivity contribution in [1.82, 2.24) is 4.31 Å². The number of nitrogens with zero attached hydrogens (tertiary/aromatic N) is 1. The van der Waals surface area contributed by atoms with E-state index >= 15 is 0 Å². The van der Waals surface area contributed by atoms with E-state index < -0.39 is 10.0 Å². The molecule has 1 N–H and O–H groups in total. The number of nitrogens with one attached hydrogen (secondary N) is 1. The quantitative estimate of drug-likeness (QED) is 0.718. The maximum Gasteiger partial charge on any atom is 0.243 e. The molecule has 3 rings (SSSR count). The number of halogens is 1.